The van der Waals surface area contributed by atoms with E-state index in [1.165, 1.54) is 0 Å². The standard InChI is InChI=1S/C24H25NO3/c1-17(2)23(24(27)28-16-18-9-4-3-5-10-18)25-22(26)15-20-13-8-12-19-11-6-7-14-21(19)20/h3-14,17,23H,15-16H2,1-2H3,(H,25,26)/t23-/m0/s1. The van der Waals surface area contributed by atoms with E-state index < -0.39 is 12.0 Å². The molecule has 4 nitrogen and oxygen atoms in total. The Bertz CT molecular complexity index is 945. The molecule has 1 N–H and O–H groups in total. The molecule has 1 amide bonds. The van der Waals surface area contributed by atoms with Gasteiger partial charge in [0, 0.05) is 0 Å². The quantitative estimate of drug-likeness (QED) is 0.628. The van der Waals surface area contributed by atoms with Crippen LogP contribution in [0.25, 0.3) is 10.8 Å². The second-order valence-corrected chi connectivity index (χ2v) is 7.20. The lowest BCUT2D eigenvalue weighted by Gasteiger charge is -2.21. The lowest BCUT2D eigenvalue weighted by Crippen LogP contribution is -2.45. The Kier molecular flexibility index (Phi) is 6.43. The lowest BCUT2D eigenvalue weighted by atomic mass is 10.0. The topological polar surface area (TPSA) is 55.4 Å². The van der Waals surface area contributed by atoms with Gasteiger partial charge in [-0.1, -0.05) is 86.6 Å². The Labute approximate surface area is 165 Å². The third kappa shape index (κ3) is 4.97. The second kappa shape index (κ2) is 9.18. The molecule has 1 atom stereocenters. The van der Waals surface area contributed by atoms with Crippen LogP contribution in [0.1, 0.15) is 25.0 Å². The van der Waals surface area contributed by atoms with Crippen molar-refractivity contribution in [2.24, 2.45) is 5.92 Å². The molecule has 0 radical (unpaired) electrons. The molecular weight excluding hydrogens is 350 g/mol. The van der Waals surface area contributed by atoms with Crippen molar-refractivity contribution >= 4 is 22.6 Å². The Morgan fingerprint density at radius 3 is 2.32 bits per heavy atom. The first-order valence-electron chi connectivity index (χ1n) is 9.51. The van der Waals surface area contributed by atoms with Crippen molar-refractivity contribution in [3.63, 3.8) is 0 Å². The van der Waals surface area contributed by atoms with Crippen LogP contribution in [0.3, 0.4) is 0 Å². The SMILES string of the molecule is CC(C)[C@H](NC(=O)Cc1cccc2ccccc12)C(=O)OCc1ccccc1. The van der Waals surface area contributed by atoms with Crippen LogP contribution in [0.4, 0.5) is 0 Å². The van der Waals surface area contributed by atoms with Crippen LogP contribution in [0, 0.1) is 5.92 Å². The molecule has 0 heterocycles. The highest BCUT2D eigenvalue weighted by atomic mass is 16.5. The Morgan fingerprint density at radius 2 is 1.57 bits per heavy atom. The number of rotatable bonds is 7. The van der Waals surface area contributed by atoms with Gasteiger partial charge in [0.15, 0.2) is 0 Å². The van der Waals surface area contributed by atoms with Crippen LogP contribution in [0.15, 0.2) is 72.8 Å². The molecule has 0 aliphatic carbocycles. The molecule has 0 fully saturated rings. The summed E-state index contributed by atoms with van der Waals surface area (Å²) in [6, 6.07) is 22.7. The number of nitrogens with one attached hydrogen (secondary N) is 1. The van der Waals surface area contributed by atoms with E-state index in [9.17, 15) is 9.59 Å². The van der Waals surface area contributed by atoms with Gasteiger partial charge in [-0.3, -0.25) is 4.79 Å². The average Bonchev–Trinajstić information content (AvgIpc) is 2.71. The van der Waals surface area contributed by atoms with Gasteiger partial charge in [0.2, 0.25) is 5.91 Å². The van der Waals surface area contributed by atoms with Gasteiger partial charge in [-0.2, -0.15) is 0 Å². The third-order valence-electron chi connectivity index (χ3n) is 4.69. The van der Waals surface area contributed by atoms with E-state index in [1.807, 2.05) is 86.6 Å². The molecule has 3 rings (SSSR count). The van der Waals surface area contributed by atoms with Crippen LogP contribution in [-0.2, 0) is 27.4 Å². The van der Waals surface area contributed by atoms with Crippen molar-refractivity contribution in [3.05, 3.63) is 83.9 Å². The summed E-state index contributed by atoms with van der Waals surface area (Å²) in [4.78, 5) is 25.2. The molecule has 3 aromatic carbocycles. The van der Waals surface area contributed by atoms with Gasteiger partial charge in [0.25, 0.3) is 0 Å². The second-order valence-electron chi connectivity index (χ2n) is 7.20. The lowest BCUT2D eigenvalue weighted by molar-refractivity contribution is -0.150. The maximum absolute atomic E-state index is 12.6. The zero-order valence-corrected chi connectivity index (χ0v) is 16.2. The molecule has 0 aliphatic rings. The van der Waals surface area contributed by atoms with Crippen LogP contribution in [0.5, 0.6) is 0 Å². The van der Waals surface area contributed by atoms with Crippen molar-refractivity contribution in [2.45, 2.75) is 32.9 Å². The minimum Gasteiger partial charge on any atom is -0.459 e. The summed E-state index contributed by atoms with van der Waals surface area (Å²) in [6.45, 7) is 3.99. The summed E-state index contributed by atoms with van der Waals surface area (Å²) < 4.78 is 5.42. The average molecular weight is 375 g/mol. The largest absolute Gasteiger partial charge is 0.459 e. The fourth-order valence-electron chi connectivity index (χ4n) is 3.16. The zero-order chi connectivity index (χ0) is 19.9. The molecule has 0 unspecified atom stereocenters. The summed E-state index contributed by atoms with van der Waals surface area (Å²) >= 11 is 0. The van der Waals surface area contributed by atoms with Gasteiger partial charge in [0.05, 0.1) is 6.42 Å². The number of hydrogen-bond acceptors (Lipinski definition) is 3. The summed E-state index contributed by atoms with van der Waals surface area (Å²) in [5, 5.41) is 4.99. The maximum Gasteiger partial charge on any atom is 0.329 e. The third-order valence-corrected chi connectivity index (χ3v) is 4.69. The number of fused-ring (bicyclic) bond motifs is 1. The summed E-state index contributed by atoms with van der Waals surface area (Å²) in [7, 11) is 0. The molecule has 0 saturated carbocycles. The van der Waals surface area contributed by atoms with Crippen molar-refractivity contribution in [1.82, 2.24) is 5.32 Å². The van der Waals surface area contributed by atoms with Gasteiger partial charge in [-0.25, -0.2) is 4.79 Å². The van der Waals surface area contributed by atoms with Gasteiger partial charge in [0.1, 0.15) is 12.6 Å². The predicted octanol–water partition coefficient (Wildman–Crippen LogP) is 4.27. The van der Waals surface area contributed by atoms with Gasteiger partial charge >= 0.3 is 5.97 Å². The van der Waals surface area contributed by atoms with Crippen LogP contribution in [0.2, 0.25) is 0 Å². The Balaban J connectivity index is 1.64. The molecule has 28 heavy (non-hydrogen) atoms. The minimum absolute atomic E-state index is 0.0697. The van der Waals surface area contributed by atoms with E-state index in [1.54, 1.807) is 0 Å². The van der Waals surface area contributed by atoms with Crippen LogP contribution >= 0.6 is 0 Å². The Hall–Kier alpha value is -3.14. The molecule has 3 aromatic rings. The van der Waals surface area contributed by atoms with E-state index in [0.29, 0.717) is 0 Å². The van der Waals surface area contributed by atoms with Crippen LogP contribution < -0.4 is 5.32 Å². The summed E-state index contributed by atoms with van der Waals surface area (Å²) in [5.74, 6) is -0.670. The highest BCUT2D eigenvalue weighted by molar-refractivity contribution is 5.91. The number of benzene rings is 3. The van der Waals surface area contributed by atoms with Gasteiger partial charge in [-0.15, -0.1) is 0 Å². The van der Waals surface area contributed by atoms with Gasteiger partial charge in [-0.05, 0) is 27.8 Å². The van der Waals surface area contributed by atoms with Gasteiger partial charge < -0.3 is 10.1 Å². The first-order valence-corrected chi connectivity index (χ1v) is 9.51. The monoisotopic (exact) mass is 375 g/mol. The van der Waals surface area contributed by atoms with Crippen molar-refractivity contribution < 1.29 is 14.3 Å². The van der Waals surface area contributed by atoms with Crippen molar-refractivity contribution in [1.29, 1.82) is 0 Å². The normalized spacial score (nSPS) is 12.0. The van der Waals surface area contributed by atoms with Crippen molar-refractivity contribution in [2.75, 3.05) is 0 Å². The van der Waals surface area contributed by atoms with E-state index in [2.05, 4.69) is 5.32 Å². The molecule has 0 bridgehead atoms. The highest BCUT2D eigenvalue weighted by Crippen LogP contribution is 2.19. The molecule has 0 saturated heterocycles. The van der Waals surface area contributed by atoms with E-state index >= 15 is 0 Å². The van der Waals surface area contributed by atoms with E-state index in [4.69, 9.17) is 4.74 Å². The smallest absolute Gasteiger partial charge is 0.329 e. The Morgan fingerprint density at radius 1 is 0.893 bits per heavy atom. The molecular formula is C24H25NO3. The molecule has 4 heteroatoms. The fourth-order valence-corrected chi connectivity index (χ4v) is 3.16. The molecule has 0 spiro atoms. The van der Waals surface area contributed by atoms with Crippen molar-refractivity contribution in [3.8, 4) is 0 Å². The van der Waals surface area contributed by atoms with Crippen LogP contribution in [-0.4, -0.2) is 17.9 Å². The number of ether oxygens (including phenoxy) is 1. The maximum atomic E-state index is 12.6. The van der Waals surface area contributed by atoms with E-state index in [0.717, 1.165) is 21.9 Å². The molecule has 0 aliphatic heterocycles. The minimum atomic E-state index is -0.675. The summed E-state index contributed by atoms with van der Waals surface area (Å²) in [6.07, 6.45) is 0.219. The molecule has 144 valence electrons. The predicted molar refractivity (Wildman–Crippen MR) is 111 cm³/mol. The summed E-state index contributed by atoms with van der Waals surface area (Å²) in [5.41, 5.74) is 1.86. The first kappa shape index (κ1) is 19.6. The van der Waals surface area contributed by atoms with E-state index in [-0.39, 0.29) is 24.9 Å². The number of esters is 1. The zero-order valence-electron chi connectivity index (χ0n) is 16.2. The number of amides is 1. The fraction of sp³-hybridized carbons (Fsp3) is 0.250. The number of carbonyl (C=O) groups is 2. The first-order chi connectivity index (χ1) is 13.5. The molecule has 0 aromatic heterocycles. The number of carbonyl (C=O) groups excluding carboxylic acids is 2. The number of hydrogen-bond donors (Lipinski definition) is 1. The highest BCUT2D eigenvalue weighted by Gasteiger charge is 2.26.